The predicted molar refractivity (Wildman–Crippen MR) is 122 cm³/mol. The van der Waals surface area contributed by atoms with Crippen molar-refractivity contribution < 1.29 is 42.8 Å². The Balaban J connectivity index is 2.33. The van der Waals surface area contributed by atoms with Crippen LogP contribution in [0.15, 0.2) is 24.3 Å². The van der Waals surface area contributed by atoms with Crippen molar-refractivity contribution in [2.75, 3.05) is 14.2 Å². The first-order valence-corrected chi connectivity index (χ1v) is 13.7. The van der Waals surface area contributed by atoms with Crippen molar-refractivity contribution in [3.05, 3.63) is 29.8 Å². The van der Waals surface area contributed by atoms with Gasteiger partial charge in [-0.3, -0.25) is 4.79 Å². The second-order valence-electron chi connectivity index (χ2n) is 9.51. The minimum atomic E-state index is -2.46. The average Bonchev–Trinajstić information content (AvgIpc) is 2.74. The Kier molecular flexibility index (Phi) is 9.06. The summed E-state index contributed by atoms with van der Waals surface area (Å²) >= 11 is 0. The Labute approximate surface area is 196 Å². The van der Waals surface area contributed by atoms with Crippen LogP contribution in [-0.4, -0.2) is 70.3 Å². The molecule has 10 heteroatoms. The fourth-order valence-corrected chi connectivity index (χ4v) is 4.45. The summed E-state index contributed by atoms with van der Waals surface area (Å²) in [5.74, 6) is -0.688. The summed E-state index contributed by atoms with van der Waals surface area (Å²) in [6.45, 7) is 11.4. The van der Waals surface area contributed by atoms with Crippen LogP contribution in [0, 0.1) is 0 Å². The lowest BCUT2D eigenvalue weighted by molar-refractivity contribution is -0.297. The van der Waals surface area contributed by atoms with Crippen molar-refractivity contribution >= 4 is 20.3 Å². The van der Waals surface area contributed by atoms with E-state index in [1.165, 1.54) is 14.0 Å². The van der Waals surface area contributed by atoms with Crippen LogP contribution in [0.25, 0.3) is 0 Å². The number of carbonyl (C=O) groups excluding carboxylic acids is 2. The minimum absolute atomic E-state index is 0.102. The number of aliphatic hydroxyl groups is 1. The molecule has 1 fully saturated rings. The van der Waals surface area contributed by atoms with Crippen molar-refractivity contribution in [3.63, 3.8) is 0 Å². The fourth-order valence-electron chi connectivity index (χ4n) is 3.14. The number of aliphatic hydroxyl groups excluding tert-OH is 1. The van der Waals surface area contributed by atoms with Gasteiger partial charge < -0.3 is 33.2 Å². The summed E-state index contributed by atoms with van der Waals surface area (Å²) in [5.41, 5.74) is 0.810. The summed E-state index contributed by atoms with van der Waals surface area (Å²) in [4.78, 5) is 24.4. The van der Waals surface area contributed by atoms with Gasteiger partial charge in [0.25, 0.3) is 0 Å². The molecule has 0 radical (unpaired) electrons. The molecule has 1 heterocycles. The van der Waals surface area contributed by atoms with E-state index in [2.05, 4.69) is 0 Å². The molecule has 2 rings (SSSR count). The molecule has 1 N–H and O–H groups in total. The van der Waals surface area contributed by atoms with E-state index in [-0.39, 0.29) is 11.6 Å². The van der Waals surface area contributed by atoms with Crippen LogP contribution in [0.1, 0.15) is 33.3 Å². The molecule has 9 nitrogen and oxygen atoms in total. The Bertz CT molecular complexity index is 803. The molecule has 0 unspecified atom stereocenters. The number of benzene rings is 1. The number of methoxy groups -OCH3 is 2. The lowest BCUT2D eigenvalue weighted by atomic mass is 9.98. The maximum atomic E-state index is 12.5. The SMILES string of the molecule is COC(=O)[C@H]1O[C@@H](OCc2ccc(OC)cc2)[C@H](O)[C@@H](O[Si](C)(C)C(C)(C)C)[C@@H]1OC(C)=O. The molecular formula is C23H36O9Si. The maximum absolute atomic E-state index is 12.5. The monoisotopic (exact) mass is 484 g/mol. The molecule has 0 spiro atoms. The second-order valence-corrected chi connectivity index (χ2v) is 14.3. The summed E-state index contributed by atoms with van der Waals surface area (Å²) in [7, 11) is 0.326. The van der Waals surface area contributed by atoms with E-state index in [1.54, 1.807) is 19.2 Å². The first-order chi connectivity index (χ1) is 15.3. The third-order valence-electron chi connectivity index (χ3n) is 6.06. The van der Waals surface area contributed by atoms with E-state index >= 15 is 0 Å². The Morgan fingerprint density at radius 2 is 1.70 bits per heavy atom. The molecule has 1 saturated heterocycles. The van der Waals surface area contributed by atoms with Gasteiger partial charge in [-0.15, -0.1) is 0 Å². The van der Waals surface area contributed by atoms with Crippen LogP contribution in [0.5, 0.6) is 5.75 Å². The topological polar surface area (TPSA) is 110 Å². The normalized spacial score (nSPS) is 25.9. The highest BCUT2D eigenvalue weighted by atomic mass is 28.4. The molecule has 0 amide bonds. The number of esters is 2. The van der Waals surface area contributed by atoms with Gasteiger partial charge in [-0.25, -0.2) is 4.79 Å². The van der Waals surface area contributed by atoms with Crippen LogP contribution in [0.4, 0.5) is 0 Å². The van der Waals surface area contributed by atoms with Crippen LogP contribution >= 0.6 is 0 Å². The number of hydrogen-bond donors (Lipinski definition) is 1. The first kappa shape index (κ1) is 27.3. The second kappa shape index (κ2) is 11.0. The van der Waals surface area contributed by atoms with Crippen molar-refractivity contribution in [2.45, 2.75) is 83.1 Å². The lowest BCUT2D eigenvalue weighted by Crippen LogP contribution is -2.65. The van der Waals surface area contributed by atoms with Crippen molar-refractivity contribution in [1.82, 2.24) is 0 Å². The standard InChI is InChI=1S/C23H36O9Si/c1-14(24)30-19-18(32-33(7,8)23(2,3)4)17(25)22(31-20(19)21(26)28-6)29-13-15-9-11-16(27-5)12-10-15/h9-12,17-20,22,25H,13H2,1-8H3/t17-,18-,19+,20+,22-/m1/s1. The van der Waals surface area contributed by atoms with Crippen LogP contribution in [0.2, 0.25) is 18.1 Å². The first-order valence-electron chi connectivity index (χ1n) is 10.8. The molecule has 1 aliphatic rings. The zero-order chi connectivity index (χ0) is 25.0. The smallest absolute Gasteiger partial charge is 0.339 e. The highest BCUT2D eigenvalue weighted by Crippen LogP contribution is 2.40. The molecule has 0 bridgehead atoms. The van der Waals surface area contributed by atoms with Crippen molar-refractivity contribution in [3.8, 4) is 5.75 Å². The van der Waals surface area contributed by atoms with Gasteiger partial charge >= 0.3 is 11.9 Å². The van der Waals surface area contributed by atoms with Crippen LogP contribution in [0.3, 0.4) is 0 Å². The van der Waals surface area contributed by atoms with Gasteiger partial charge in [0.15, 0.2) is 26.8 Å². The number of ether oxygens (including phenoxy) is 5. The summed E-state index contributed by atoms with van der Waals surface area (Å²) in [5, 5.41) is 11.0. The van der Waals surface area contributed by atoms with Gasteiger partial charge in [0.1, 0.15) is 18.0 Å². The van der Waals surface area contributed by atoms with E-state index in [0.717, 1.165) is 5.56 Å². The van der Waals surface area contributed by atoms with Crippen LogP contribution in [-0.2, 0) is 39.6 Å². The van der Waals surface area contributed by atoms with Gasteiger partial charge in [0.2, 0.25) is 0 Å². The molecule has 5 atom stereocenters. The highest BCUT2D eigenvalue weighted by Gasteiger charge is 2.54. The molecule has 1 aromatic carbocycles. The summed E-state index contributed by atoms with van der Waals surface area (Å²) in [6.07, 6.45) is -6.09. The van der Waals surface area contributed by atoms with Crippen LogP contribution < -0.4 is 4.74 Å². The minimum Gasteiger partial charge on any atom is -0.497 e. The average molecular weight is 485 g/mol. The molecule has 186 valence electrons. The number of rotatable bonds is 8. The number of hydrogen-bond acceptors (Lipinski definition) is 9. The van der Waals surface area contributed by atoms with Gasteiger partial charge in [-0.05, 0) is 35.8 Å². The lowest BCUT2D eigenvalue weighted by Gasteiger charge is -2.47. The molecule has 33 heavy (non-hydrogen) atoms. The third kappa shape index (κ3) is 6.76. The molecule has 1 aliphatic heterocycles. The fraction of sp³-hybridized carbons (Fsp3) is 0.652. The Hall–Kier alpha value is -1.98. The Morgan fingerprint density at radius 1 is 1.09 bits per heavy atom. The van der Waals surface area contributed by atoms with Gasteiger partial charge in [-0.2, -0.15) is 0 Å². The molecule has 0 aliphatic carbocycles. The van der Waals surface area contributed by atoms with Gasteiger partial charge in [0.05, 0.1) is 20.8 Å². The van der Waals surface area contributed by atoms with E-state index < -0.39 is 51.0 Å². The van der Waals surface area contributed by atoms with E-state index in [4.69, 9.17) is 28.1 Å². The quantitative estimate of drug-likeness (QED) is 0.440. The maximum Gasteiger partial charge on any atom is 0.339 e. The molecular weight excluding hydrogens is 448 g/mol. The third-order valence-corrected chi connectivity index (χ3v) is 10.5. The molecule has 0 aromatic heterocycles. The predicted octanol–water partition coefficient (Wildman–Crippen LogP) is 2.79. The van der Waals surface area contributed by atoms with E-state index in [0.29, 0.717) is 5.75 Å². The zero-order valence-electron chi connectivity index (χ0n) is 20.6. The van der Waals surface area contributed by atoms with Gasteiger partial charge in [0, 0.05) is 6.92 Å². The largest absolute Gasteiger partial charge is 0.497 e. The number of carbonyl (C=O) groups is 2. The zero-order valence-corrected chi connectivity index (χ0v) is 21.6. The van der Waals surface area contributed by atoms with Crippen molar-refractivity contribution in [2.24, 2.45) is 0 Å². The summed E-state index contributed by atoms with van der Waals surface area (Å²) < 4.78 is 33.5. The van der Waals surface area contributed by atoms with E-state index in [9.17, 15) is 14.7 Å². The Morgan fingerprint density at radius 3 is 2.18 bits per heavy atom. The van der Waals surface area contributed by atoms with Gasteiger partial charge in [-0.1, -0.05) is 32.9 Å². The molecule has 1 aromatic rings. The molecule has 0 saturated carbocycles. The summed E-state index contributed by atoms with van der Waals surface area (Å²) in [6, 6.07) is 7.20. The highest BCUT2D eigenvalue weighted by molar-refractivity contribution is 6.74. The van der Waals surface area contributed by atoms with Crippen molar-refractivity contribution in [1.29, 1.82) is 0 Å². The van der Waals surface area contributed by atoms with E-state index in [1.807, 2.05) is 46.0 Å².